The van der Waals surface area contributed by atoms with Crippen molar-refractivity contribution in [1.82, 2.24) is 0 Å². The summed E-state index contributed by atoms with van der Waals surface area (Å²) in [6, 6.07) is 0. The van der Waals surface area contributed by atoms with Crippen LogP contribution in [0.3, 0.4) is 0 Å². The molecule has 0 saturated heterocycles. The highest BCUT2D eigenvalue weighted by Crippen LogP contribution is 2.47. The van der Waals surface area contributed by atoms with E-state index in [1.54, 1.807) is 0 Å². The highest BCUT2D eigenvalue weighted by molar-refractivity contribution is 4.86. The zero-order chi connectivity index (χ0) is 107. The third-order valence-corrected chi connectivity index (χ3v) is 31.8. The Labute approximate surface area is 871 Å². The Morgan fingerprint density at radius 1 is 0.0741 bits per heavy atom. The van der Waals surface area contributed by atoms with Crippen LogP contribution in [0.2, 0.25) is 0 Å². The molecule has 0 radical (unpaired) electrons. The highest BCUT2D eigenvalue weighted by atomic mass is 14.4. The smallest absolute Gasteiger partial charge is 0.0354 e. The minimum absolute atomic E-state index is 0.532. The second-order valence-corrected chi connectivity index (χ2v) is 52.3. The van der Waals surface area contributed by atoms with Gasteiger partial charge in [0.25, 0.3) is 0 Å². The maximum atomic E-state index is 2.43. The van der Waals surface area contributed by atoms with Gasteiger partial charge in [-0.1, -0.05) is 635 Å². The van der Waals surface area contributed by atoms with E-state index in [1.807, 2.05) is 138 Å². The van der Waals surface area contributed by atoms with Crippen molar-refractivity contribution in [3.05, 3.63) is 0 Å². The van der Waals surface area contributed by atoms with E-state index in [-0.39, 0.29) is 0 Å². The van der Waals surface area contributed by atoms with Gasteiger partial charge in [-0.3, -0.25) is 0 Å². The van der Waals surface area contributed by atoms with Crippen molar-refractivity contribution in [2.75, 3.05) is 0 Å². The second-order valence-electron chi connectivity index (χ2n) is 52.3. The van der Waals surface area contributed by atoms with Crippen LogP contribution in [0.1, 0.15) is 764 Å². The van der Waals surface area contributed by atoms with Gasteiger partial charge in [0, 0.05) is 0 Å². The molecule has 0 heteroatoms. The van der Waals surface area contributed by atoms with E-state index in [9.17, 15) is 0 Å². The second kappa shape index (κ2) is 98.7. The Morgan fingerprint density at radius 2 is 0.126 bits per heavy atom. The molecule has 0 unspecified atom stereocenters. The summed E-state index contributed by atoms with van der Waals surface area (Å²) in [5, 5.41) is 0. The van der Waals surface area contributed by atoms with E-state index >= 15 is 0 Å². The molecule has 0 N–H and O–H groups in total. The Kier molecular flexibility index (Phi) is 113. The van der Waals surface area contributed by atoms with Gasteiger partial charge in [-0.2, -0.15) is 0 Å². The third kappa shape index (κ3) is 99.7. The zero-order valence-corrected chi connectivity index (χ0v) is 107. The molecule has 135 heavy (non-hydrogen) atoms. The number of hydrogen-bond donors (Lipinski definition) is 0. The van der Waals surface area contributed by atoms with Crippen molar-refractivity contribution < 1.29 is 0 Å². The molecule has 0 aromatic rings. The lowest BCUT2D eigenvalue weighted by molar-refractivity contribution is 0.141. The van der Waals surface area contributed by atoms with E-state index in [2.05, 4.69) is 208 Å². The van der Waals surface area contributed by atoms with E-state index < -0.39 is 0 Å². The SMILES string of the molecule is CC.CC.CC.CC.CC.CC.CC.CC.CC.CC.CC(C)(C)C1CC1.CC(C)(C)C1CCC1.CC(C)(C)C1CCCC1.CC(C)(C)C1CCCCC1.CC(C)(C)C1CCCCCC1.CC(C)(C)C1CCCCCCC1.CC(C)(C)C1CCCCCCCC1.CC(C)(C)C1CCCCCCCCC1.CC(C)(C)C1CCCCCCCCCC1.CC(C)(C)C1CCCCCCCCCCC1. The fourth-order valence-corrected chi connectivity index (χ4v) is 21.5. The van der Waals surface area contributed by atoms with Gasteiger partial charge in [0.05, 0.1) is 0 Å². The van der Waals surface area contributed by atoms with Crippen molar-refractivity contribution in [1.29, 1.82) is 0 Å². The fraction of sp³-hybridized carbons (Fsp3) is 1.00. The van der Waals surface area contributed by atoms with Crippen molar-refractivity contribution in [2.24, 2.45) is 113 Å². The molecule has 10 rings (SSSR count). The summed E-state index contributed by atoms with van der Waals surface area (Å²) in [6.45, 7) is 112. The van der Waals surface area contributed by atoms with E-state index in [1.165, 1.54) is 417 Å². The van der Waals surface area contributed by atoms with Crippen LogP contribution in [-0.2, 0) is 0 Å². The van der Waals surface area contributed by atoms with Gasteiger partial charge >= 0.3 is 0 Å². The summed E-state index contributed by atoms with van der Waals surface area (Å²) in [6.07, 6.45) is 96.1. The van der Waals surface area contributed by atoms with Crippen molar-refractivity contribution in [3.63, 3.8) is 0 Å². The van der Waals surface area contributed by atoms with Gasteiger partial charge in [0.1, 0.15) is 0 Å². The van der Waals surface area contributed by atoms with Gasteiger partial charge in [-0.15, -0.1) is 0 Å². The predicted octanol–water partition coefficient (Wildman–Crippen LogP) is 52.2. The molecule has 0 atom stereocenters. The van der Waals surface area contributed by atoms with E-state index in [0.717, 1.165) is 59.2 Å². The summed E-state index contributed by atoms with van der Waals surface area (Å²) in [7, 11) is 0. The molecular formula is C135H290. The molecule has 10 saturated carbocycles. The van der Waals surface area contributed by atoms with Crippen LogP contribution >= 0.6 is 0 Å². The fourth-order valence-electron chi connectivity index (χ4n) is 21.5. The Hall–Kier alpha value is 0. The van der Waals surface area contributed by atoms with Gasteiger partial charge in [0.2, 0.25) is 0 Å². The maximum Gasteiger partial charge on any atom is -0.0354 e. The molecule has 830 valence electrons. The molecular weight excluding hydrogens is 1620 g/mol. The standard InChI is InChI=1S/C16H32.C15H30.C14H28.C13H26.C12H24.C11H22.C10H20.C9H18.C8H16.C7H14.10C2H6/c1-16(2,3)15-13-11-9-7-5-4-6-8-10-12-14-15;1-15(2,3)14-12-10-8-6-4-5-7-9-11-13-14;1-14(2,3)13-11-9-7-5-4-6-8-10-12-13;1-13(2,3)12-10-8-6-4-5-7-9-11-12;1-12(2,3)11-9-7-5-4-6-8-10-11;1-11(2,3)10-8-6-4-5-7-9-10;1-10(2,3)9-7-5-4-6-8-9;1-9(2,3)8-6-4-5-7-8;1-8(2,3)7-5-4-6-7;1-7(2,3)6-4-5-6;10*1-2/h15H,4-14H2,1-3H3;14H,4-13H2,1-3H3;13H,4-12H2,1-3H3;12H,4-11H2,1-3H3;11H,4-10H2,1-3H3;10H,4-9H2,1-3H3;9H,4-8H2,1-3H3;8H,4-7H2,1-3H3;7H,4-6H2,1-3H3;6H,4-5H2,1-3H3;10*1-2H3. The first-order valence-electron chi connectivity index (χ1n) is 63.6. The molecule has 10 aliphatic rings. The van der Waals surface area contributed by atoms with Crippen LogP contribution < -0.4 is 0 Å². The molecule has 0 bridgehead atoms. The Balaban J connectivity index is -0.000000158. The monoisotopic (exact) mass is 1910 g/mol. The number of hydrogen-bond acceptors (Lipinski definition) is 0. The lowest BCUT2D eigenvalue weighted by atomic mass is 9.69. The average Bonchev–Trinajstić information content (AvgIpc) is 1.66. The molecule has 0 nitrogen and oxygen atoms in total. The first-order chi connectivity index (χ1) is 63.6. The molecule has 0 aromatic heterocycles. The molecule has 0 amide bonds. The van der Waals surface area contributed by atoms with Crippen LogP contribution in [0, 0.1) is 113 Å². The zero-order valence-electron chi connectivity index (χ0n) is 107. The molecule has 0 heterocycles. The van der Waals surface area contributed by atoms with Crippen LogP contribution in [0.5, 0.6) is 0 Å². The maximum absolute atomic E-state index is 2.43. The Morgan fingerprint density at radius 3 is 0.178 bits per heavy atom. The normalized spacial score (nSPS) is 20.2. The van der Waals surface area contributed by atoms with Crippen molar-refractivity contribution >= 4 is 0 Å². The molecule has 0 aromatic carbocycles. The minimum atomic E-state index is 0.532. The van der Waals surface area contributed by atoms with Crippen LogP contribution in [0.4, 0.5) is 0 Å². The van der Waals surface area contributed by atoms with E-state index in [0.29, 0.717) is 54.1 Å². The van der Waals surface area contributed by atoms with Crippen LogP contribution in [0.25, 0.3) is 0 Å². The Bertz CT molecular complexity index is 2080. The number of rotatable bonds is 0. The van der Waals surface area contributed by atoms with Gasteiger partial charge < -0.3 is 0 Å². The van der Waals surface area contributed by atoms with Crippen molar-refractivity contribution in [2.45, 2.75) is 764 Å². The summed E-state index contributed by atoms with van der Waals surface area (Å²) in [5.74, 6) is 9.95. The lowest BCUT2D eigenvalue weighted by Gasteiger charge is -2.37. The minimum Gasteiger partial charge on any atom is -0.0683 e. The third-order valence-electron chi connectivity index (χ3n) is 31.8. The molecule has 0 aliphatic heterocycles. The van der Waals surface area contributed by atoms with Crippen molar-refractivity contribution in [3.8, 4) is 0 Å². The predicted molar refractivity (Wildman–Crippen MR) is 643 cm³/mol. The summed E-state index contributed by atoms with van der Waals surface area (Å²) >= 11 is 0. The summed E-state index contributed by atoms with van der Waals surface area (Å²) in [4.78, 5) is 0. The average molecular weight is 1910 g/mol. The van der Waals surface area contributed by atoms with Gasteiger partial charge in [-0.25, -0.2) is 0 Å². The summed E-state index contributed by atoms with van der Waals surface area (Å²) in [5.41, 5.74) is 5.62. The van der Waals surface area contributed by atoms with E-state index in [4.69, 9.17) is 0 Å². The largest absolute Gasteiger partial charge is 0.0683 e. The quantitative estimate of drug-likeness (QED) is 0.212. The molecule has 0 spiro atoms. The lowest BCUT2D eigenvalue weighted by Crippen LogP contribution is -2.26. The first-order valence-corrected chi connectivity index (χ1v) is 63.6. The molecule has 10 fully saturated rings. The first kappa shape index (κ1) is 155. The van der Waals surface area contributed by atoms with Crippen LogP contribution in [0.15, 0.2) is 0 Å². The molecule has 10 aliphatic carbocycles. The topological polar surface area (TPSA) is 0 Å². The van der Waals surface area contributed by atoms with Crippen LogP contribution in [-0.4, -0.2) is 0 Å². The summed E-state index contributed by atoms with van der Waals surface area (Å²) < 4.78 is 0. The van der Waals surface area contributed by atoms with Gasteiger partial charge in [0.15, 0.2) is 0 Å². The van der Waals surface area contributed by atoms with Gasteiger partial charge in [-0.05, 0) is 242 Å². The highest BCUT2D eigenvalue weighted by Gasteiger charge is 2.35.